The van der Waals surface area contributed by atoms with Gasteiger partial charge in [0.05, 0.1) is 0 Å². The molecule has 108 valence electrons. The molecular formula is C12H23F3N2O. The Balaban J connectivity index is 4.32. The lowest BCUT2D eigenvalue weighted by Crippen LogP contribution is -2.41. The maximum Gasteiger partial charge on any atom is 0.406 e. The van der Waals surface area contributed by atoms with E-state index >= 15 is 0 Å². The second-order valence-corrected chi connectivity index (χ2v) is 5.15. The summed E-state index contributed by atoms with van der Waals surface area (Å²) < 4.78 is 37.1. The zero-order chi connectivity index (χ0) is 14.3. The molecule has 18 heavy (non-hydrogen) atoms. The molecule has 0 aliphatic carbocycles. The fraction of sp³-hybridized carbons (Fsp3) is 0.917. The lowest BCUT2D eigenvalue weighted by Gasteiger charge is -2.25. The van der Waals surface area contributed by atoms with Crippen molar-refractivity contribution in [2.75, 3.05) is 13.1 Å². The molecule has 3 nitrogen and oxygen atoms in total. The van der Waals surface area contributed by atoms with Gasteiger partial charge in [-0.1, -0.05) is 13.8 Å². The maximum absolute atomic E-state index is 12.4. The fourth-order valence-electron chi connectivity index (χ4n) is 1.65. The Labute approximate surface area is 107 Å². The van der Waals surface area contributed by atoms with Crippen LogP contribution in [0.15, 0.2) is 0 Å². The molecule has 0 aliphatic rings. The topological polar surface area (TPSA) is 46.3 Å². The van der Waals surface area contributed by atoms with Crippen LogP contribution in [0.2, 0.25) is 0 Å². The second-order valence-electron chi connectivity index (χ2n) is 5.15. The van der Waals surface area contributed by atoms with Gasteiger partial charge in [-0.25, -0.2) is 0 Å². The van der Waals surface area contributed by atoms with Crippen LogP contribution in [-0.4, -0.2) is 36.1 Å². The minimum Gasteiger partial charge on any atom is -0.333 e. The Kier molecular flexibility index (Phi) is 7.28. The van der Waals surface area contributed by atoms with Gasteiger partial charge in [0.2, 0.25) is 5.91 Å². The van der Waals surface area contributed by atoms with E-state index in [9.17, 15) is 18.0 Å². The summed E-state index contributed by atoms with van der Waals surface area (Å²) in [5.41, 5.74) is 5.53. The van der Waals surface area contributed by atoms with Crippen molar-refractivity contribution in [3.05, 3.63) is 0 Å². The van der Waals surface area contributed by atoms with Gasteiger partial charge in [0.15, 0.2) is 0 Å². The monoisotopic (exact) mass is 268 g/mol. The van der Waals surface area contributed by atoms with E-state index in [0.29, 0.717) is 12.8 Å². The van der Waals surface area contributed by atoms with Crippen molar-refractivity contribution in [3.8, 4) is 0 Å². The summed E-state index contributed by atoms with van der Waals surface area (Å²) in [6.45, 7) is 4.36. The highest BCUT2D eigenvalue weighted by atomic mass is 19.4. The quantitative estimate of drug-likeness (QED) is 0.771. The largest absolute Gasteiger partial charge is 0.406 e. The number of halogens is 3. The first-order valence-electron chi connectivity index (χ1n) is 6.22. The van der Waals surface area contributed by atoms with Crippen LogP contribution < -0.4 is 5.73 Å². The van der Waals surface area contributed by atoms with E-state index in [1.807, 2.05) is 6.92 Å². The molecule has 0 saturated carbocycles. The van der Waals surface area contributed by atoms with E-state index in [1.54, 1.807) is 13.8 Å². The normalized spacial score (nSPS) is 13.8. The average molecular weight is 268 g/mol. The lowest BCUT2D eigenvalue weighted by molar-refractivity contribution is -0.162. The molecule has 0 rings (SSSR count). The molecule has 0 aromatic carbocycles. The van der Waals surface area contributed by atoms with Crippen LogP contribution in [0.1, 0.15) is 40.0 Å². The number of nitrogens with two attached hydrogens (primary N) is 1. The number of hydrogen-bond acceptors (Lipinski definition) is 2. The van der Waals surface area contributed by atoms with Crippen LogP contribution in [-0.2, 0) is 4.79 Å². The van der Waals surface area contributed by atoms with Gasteiger partial charge in [0.25, 0.3) is 0 Å². The van der Waals surface area contributed by atoms with Gasteiger partial charge in [-0.2, -0.15) is 13.2 Å². The molecule has 0 aromatic rings. The third-order valence-electron chi connectivity index (χ3n) is 2.36. The molecule has 0 bridgehead atoms. The Morgan fingerprint density at radius 3 is 2.22 bits per heavy atom. The summed E-state index contributed by atoms with van der Waals surface area (Å²) in [6.07, 6.45) is -3.04. The predicted molar refractivity (Wildman–Crippen MR) is 65.0 cm³/mol. The number of rotatable bonds is 7. The highest BCUT2D eigenvalue weighted by Gasteiger charge is 2.32. The molecule has 2 N–H and O–H groups in total. The number of nitrogens with zero attached hydrogens (tertiary/aromatic N) is 1. The molecular weight excluding hydrogens is 245 g/mol. The Hall–Kier alpha value is -0.780. The van der Waals surface area contributed by atoms with Crippen molar-refractivity contribution in [1.82, 2.24) is 4.90 Å². The SMILES string of the molecule is CC(C)CN(CC(F)(F)F)C(=O)CCCC(C)N. The summed E-state index contributed by atoms with van der Waals surface area (Å²) in [6, 6.07) is -0.0287. The van der Waals surface area contributed by atoms with Gasteiger partial charge in [-0.3, -0.25) is 4.79 Å². The molecule has 0 heterocycles. The molecule has 6 heteroatoms. The van der Waals surface area contributed by atoms with Gasteiger partial charge >= 0.3 is 6.18 Å². The van der Waals surface area contributed by atoms with Gasteiger partial charge in [-0.05, 0) is 25.7 Å². The smallest absolute Gasteiger partial charge is 0.333 e. The maximum atomic E-state index is 12.4. The first-order chi connectivity index (χ1) is 8.11. The number of alkyl halides is 3. The Bertz CT molecular complexity index is 252. The minimum absolute atomic E-state index is 0.0183. The molecule has 0 saturated heterocycles. The summed E-state index contributed by atoms with van der Waals surface area (Å²) in [4.78, 5) is 12.6. The van der Waals surface area contributed by atoms with Crippen molar-refractivity contribution in [2.24, 2.45) is 11.7 Å². The van der Waals surface area contributed by atoms with Crippen LogP contribution in [0.3, 0.4) is 0 Å². The Morgan fingerprint density at radius 2 is 1.83 bits per heavy atom. The highest BCUT2D eigenvalue weighted by Crippen LogP contribution is 2.18. The average Bonchev–Trinajstić information content (AvgIpc) is 2.12. The molecule has 0 spiro atoms. The van der Waals surface area contributed by atoms with Gasteiger partial charge in [-0.15, -0.1) is 0 Å². The molecule has 1 amide bonds. The third-order valence-corrected chi connectivity index (χ3v) is 2.36. The zero-order valence-corrected chi connectivity index (χ0v) is 11.3. The van der Waals surface area contributed by atoms with Crippen molar-refractivity contribution < 1.29 is 18.0 Å². The molecule has 1 unspecified atom stereocenters. The number of amides is 1. The van der Waals surface area contributed by atoms with Crippen LogP contribution in [0, 0.1) is 5.92 Å². The summed E-state index contributed by atoms with van der Waals surface area (Å²) in [5, 5.41) is 0. The van der Waals surface area contributed by atoms with Crippen molar-refractivity contribution in [2.45, 2.75) is 52.3 Å². The van der Waals surface area contributed by atoms with E-state index < -0.39 is 18.6 Å². The number of carbonyl (C=O) groups excluding carboxylic acids is 1. The van der Waals surface area contributed by atoms with E-state index in [0.717, 1.165) is 4.90 Å². The third kappa shape index (κ3) is 9.27. The van der Waals surface area contributed by atoms with Crippen LogP contribution in [0.25, 0.3) is 0 Å². The lowest BCUT2D eigenvalue weighted by atomic mass is 10.1. The van der Waals surface area contributed by atoms with Crippen molar-refractivity contribution >= 4 is 5.91 Å². The van der Waals surface area contributed by atoms with E-state index in [-0.39, 0.29) is 24.9 Å². The molecule has 0 radical (unpaired) electrons. The number of carbonyl (C=O) groups is 1. The zero-order valence-electron chi connectivity index (χ0n) is 11.3. The standard InChI is InChI=1S/C12H23F3N2O/c1-9(2)7-17(8-12(13,14)15)11(18)6-4-5-10(3)16/h9-10H,4-8,16H2,1-3H3. The summed E-state index contributed by atoms with van der Waals surface area (Å²) in [5.74, 6) is -0.425. The predicted octanol–water partition coefficient (Wildman–Crippen LogP) is 2.55. The second kappa shape index (κ2) is 7.61. The molecule has 0 aromatic heterocycles. The molecule has 0 fully saturated rings. The fourth-order valence-corrected chi connectivity index (χ4v) is 1.65. The van der Waals surface area contributed by atoms with Gasteiger partial charge in [0, 0.05) is 19.0 Å². The number of hydrogen-bond donors (Lipinski definition) is 1. The summed E-state index contributed by atoms with van der Waals surface area (Å²) in [7, 11) is 0. The van der Waals surface area contributed by atoms with E-state index in [2.05, 4.69) is 0 Å². The highest BCUT2D eigenvalue weighted by molar-refractivity contribution is 5.76. The first kappa shape index (κ1) is 17.2. The van der Waals surface area contributed by atoms with E-state index in [4.69, 9.17) is 5.73 Å². The van der Waals surface area contributed by atoms with Crippen molar-refractivity contribution in [3.63, 3.8) is 0 Å². The van der Waals surface area contributed by atoms with Gasteiger partial charge in [0.1, 0.15) is 6.54 Å². The minimum atomic E-state index is -4.34. The molecule has 0 aliphatic heterocycles. The molecule has 1 atom stereocenters. The Morgan fingerprint density at radius 1 is 1.28 bits per heavy atom. The van der Waals surface area contributed by atoms with Crippen LogP contribution in [0.4, 0.5) is 13.2 Å². The summed E-state index contributed by atoms with van der Waals surface area (Å²) >= 11 is 0. The van der Waals surface area contributed by atoms with Gasteiger partial charge < -0.3 is 10.6 Å². The first-order valence-corrected chi connectivity index (χ1v) is 6.22. The van der Waals surface area contributed by atoms with Crippen LogP contribution >= 0.6 is 0 Å². The van der Waals surface area contributed by atoms with Crippen molar-refractivity contribution in [1.29, 1.82) is 0 Å². The van der Waals surface area contributed by atoms with E-state index in [1.165, 1.54) is 0 Å². The van der Waals surface area contributed by atoms with Crippen LogP contribution in [0.5, 0.6) is 0 Å².